The van der Waals surface area contributed by atoms with Crippen molar-refractivity contribution in [3.63, 3.8) is 0 Å². The lowest BCUT2D eigenvalue weighted by Crippen LogP contribution is -2.57. The highest BCUT2D eigenvalue weighted by Gasteiger charge is 2.60. The van der Waals surface area contributed by atoms with Crippen LogP contribution in [0.3, 0.4) is 0 Å². The summed E-state index contributed by atoms with van der Waals surface area (Å²) in [5, 5.41) is 9.98. The quantitative estimate of drug-likeness (QED) is 0.546. The minimum Gasteiger partial charge on any atom is -0.490 e. The number of hydrogen-bond acceptors (Lipinski definition) is 7. The summed E-state index contributed by atoms with van der Waals surface area (Å²) >= 11 is 5.99. The fourth-order valence-corrected chi connectivity index (χ4v) is 8.71. The molecule has 2 fully saturated rings. The molecular formula is C28H33ClF2N2O6S. The summed E-state index contributed by atoms with van der Waals surface area (Å²) in [5.74, 6) is -2.89. The van der Waals surface area contributed by atoms with Gasteiger partial charge in [0.15, 0.2) is 21.4 Å². The second-order valence-corrected chi connectivity index (χ2v) is 14.0. The van der Waals surface area contributed by atoms with E-state index in [1.54, 1.807) is 4.90 Å². The van der Waals surface area contributed by atoms with Crippen LogP contribution < -0.4 is 4.74 Å². The molecule has 0 spiro atoms. The predicted molar refractivity (Wildman–Crippen MR) is 144 cm³/mol. The predicted octanol–water partition coefficient (Wildman–Crippen LogP) is 4.37. The van der Waals surface area contributed by atoms with Gasteiger partial charge in [0.05, 0.1) is 23.7 Å². The molecule has 2 aromatic carbocycles. The van der Waals surface area contributed by atoms with Gasteiger partial charge in [0.25, 0.3) is 0 Å². The molecule has 12 heteroatoms. The van der Waals surface area contributed by atoms with Gasteiger partial charge in [0, 0.05) is 42.7 Å². The highest BCUT2D eigenvalue weighted by molar-refractivity contribution is 7.92. The molecule has 1 saturated heterocycles. The average molecular weight is 599 g/mol. The van der Waals surface area contributed by atoms with Crippen molar-refractivity contribution in [2.24, 2.45) is 5.92 Å². The molecule has 0 bridgehead atoms. The number of aliphatic hydroxyl groups is 1. The number of rotatable bonds is 5. The maximum Gasteiger partial charge on any atom is 0.410 e. The molecule has 1 N–H and O–H groups in total. The third-order valence-corrected chi connectivity index (χ3v) is 11.5. The number of halogens is 3. The lowest BCUT2D eigenvalue weighted by Gasteiger charge is -2.49. The van der Waals surface area contributed by atoms with Crippen molar-refractivity contribution < 1.29 is 36.6 Å². The first-order valence-electron chi connectivity index (χ1n) is 13.3. The van der Waals surface area contributed by atoms with Gasteiger partial charge in [-0.2, -0.15) is 0 Å². The first-order valence-corrected chi connectivity index (χ1v) is 15.2. The average Bonchev–Trinajstić information content (AvgIpc) is 2.94. The Bertz CT molecular complexity index is 1380. The number of benzene rings is 2. The number of sulfone groups is 1. The third-order valence-electron chi connectivity index (χ3n) is 8.61. The van der Waals surface area contributed by atoms with Crippen molar-refractivity contribution in [3.8, 4) is 5.75 Å². The zero-order valence-electron chi connectivity index (χ0n) is 22.4. The number of piperazine rings is 1. The minimum absolute atomic E-state index is 0.00270. The fraction of sp³-hybridized carbons (Fsp3) is 0.536. The zero-order valence-corrected chi connectivity index (χ0v) is 24.0. The molecule has 8 nitrogen and oxygen atoms in total. The first kappa shape index (κ1) is 29.0. The molecule has 2 aromatic rings. The standard InChI is InChI=1S/C28H33ClF2N2O6S/c1-27(2,17-34)33-13-11-32(12-14-33)26(35)39-20-9-10-28(40(36,37)21-5-3-19(29)4-6-21)18(15-20)16-38-25-23(31)8-7-22(30)24(25)28/h3-8,18,20,34H,9-17H2,1-2H3/t18?,20-,28+/m1/s1. The number of hydrogen-bond donors (Lipinski definition) is 1. The Morgan fingerprint density at radius 2 is 1.77 bits per heavy atom. The van der Waals surface area contributed by atoms with Crippen molar-refractivity contribution in [1.29, 1.82) is 0 Å². The van der Waals surface area contributed by atoms with Crippen molar-refractivity contribution in [1.82, 2.24) is 9.80 Å². The topological polar surface area (TPSA) is 96.4 Å². The van der Waals surface area contributed by atoms with E-state index in [-0.39, 0.29) is 42.9 Å². The first-order chi connectivity index (χ1) is 18.9. The number of carbonyl (C=O) groups excluding carboxylic acids is 1. The highest BCUT2D eigenvalue weighted by atomic mass is 35.5. The summed E-state index contributed by atoms with van der Waals surface area (Å²) in [6, 6.07) is 7.45. The summed E-state index contributed by atoms with van der Waals surface area (Å²) in [6.07, 6.45) is -0.975. The Labute approximate surface area is 237 Å². The summed E-state index contributed by atoms with van der Waals surface area (Å²) < 4.78 is 68.4. The normalized spacial score (nSPS) is 25.5. The van der Waals surface area contributed by atoms with E-state index in [2.05, 4.69) is 4.90 Å². The van der Waals surface area contributed by atoms with Crippen LogP contribution in [0, 0.1) is 17.6 Å². The van der Waals surface area contributed by atoms with Gasteiger partial charge >= 0.3 is 6.09 Å². The summed E-state index contributed by atoms with van der Waals surface area (Å²) in [7, 11) is -4.27. The molecular weight excluding hydrogens is 566 g/mol. The van der Waals surface area contributed by atoms with Crippen molar-refractivity contribution >= 4 is 27.5 Å². The smallest absolute Gasteiger partial charge is 0.410 e. The molecule has 1 saturated carbocycles. The van der Waals surface area contributed by atoms with Crippen LogP contribution in [0.25, 0.3) is 0 Å². The molecule has 1 aliphatic carbocycles. The number of ether oxygens (including phenoxy) is 2. The summed E-state index contributed by atoms with van der Waals surface area (Å²) in [5.41, 5.74) is -0.712. The van der Waals surface area contributed by atoms with E-state index in [1.165, 1.54) is 24.3 Å². The summed E-state index contributed by atoms with van der Waals surface area (Å²) in [6.45, 7) is 5.70. The van der Waals surface area contributed by atoms with Crippen LogP contribution in [-0.4, -0.2) is 80.5 Å². The van der Waals surface area contributed by atoms with Gasteiger partial charge in [-0.3, -0.25) is 4.90 Å². The Balaban J connectivity index is 1.41. The van der Waals surface area contributed by atoms with Crippen LogP contribution in [0.4, 0.5) is 13.6 Å². The van der Waals surface area contributed by atoms with Crippen molar-refractivity contribution in [2.75, 3.05) is 39.4 Å². The fourth-order valence-electron chi connectivity index (χ4n) is 6.22. The molecule has 0 aromatic heterocycles. The van der Waals surface area contributed by atoms with Gasteiger partial charge in [-0.05, 0) is 69.5 Å². The number of carbonyl (C=O) groups is 1. The number of aliphatic hydroxyl groups excluding tert-OH is 1. The van der Waals surface area contributed by atoms with Gasteiger partial charge in [-0.1, -0.05) is 11.6 Å². The molecule has 1 amide bonds. The van der Waals surface area contributed by atoms with Crippen LogP contribution in [0.2, 0.25) is 5.02 Å². The van der Waals surface area contributed by atoms with E-state index in [1.807, 2.05) is 13.8 Å². The second-order valence-electron chi connectivity index (χ2n) is 11.3. The lowest BCUT2D eigenvalue weighted by atomic mass is 9.72. The van der Waals surface area contributed by atoms with E-state index in [0.29, 0.717) is 31.2 Å². The van der Waals surface area contributed by atoms with Crippen LogP contribution in [-0.2, 0) is 19.3 Å². The van der Waals surface area contributed by atoms with E-state index in [0.717, 1.165) is 12.1 Å². The zero-order chi connectivity index (χ0) is 28.9. The third kappa shape index (κ3) is 4.84. The van der Waals surface area contributed by atoms with Crippen molar-refractivity contribution in [2.45, 2.75) is 54.4 Å². The molecule has 3 atom stereocenters. The van der Waals surface area contributed by atoms with E-state index in [9.17, 15) is 22.7 Å². The van der Waals surface area contributed by atoms with E-state index >= 15 is 4.39 Å². The van der Waals surface area contributed by atoms with E-state index < -0.39 is 55.6 Å². The van der Waals surface area contributed by atoms with Crippen LogP contribution in [0.1, 0.15) is 38.7 Å². The SMILES string of the molecule is CC(C)(CO)N1CCN(C(=O)O[C@@H]2CC[C@@]3(S(=O)(=O)c4ccc(Cl)cc4)c4c(F)ccc(F)c4OCC3C2)CC1. The van der Waals surface area contributed by atoms with Crippen molar-refractivity contribution in [3.05, 3.63) is 58.6 Å². The van der Waals surface area contributed by atoms with Crippen LogP contribution in [0.15, 0.2) is 41.3 Å². The molecule has 1 unspecified atom stereocenters. The Kier molecular flexibility index (Phi) is 7.80. The second kappa shape index (κ2) is 10.7. The van der Waals surface area contributed by atoms with E-state index in [4.69, 9.17) is 21.1 Å². The monoisotopic (exact) mass is 598 g/mol. The number of fused-ring (bicyclic) bond motifs is 3. The maximum absolute atomic E-state index is 15.4. The van der Waals surface area contributed by atoms with Gasteiger partial charge < -0.3 is 19.5 Å². The largest absolute Gasteiger partial charge is 0.490 e. The van der Waals surface area contributed by atoms with Gasteiger partial charge in [0.2, 0.25) is 0 Å². The van der Waals surface area contributed by atoms with Crippen LogP contribution in [0.5, 0.6) is 5.75 Å². The molecule has 5 rings (SSSR count). The molecule has 218 valence electrons. The Hall–Kier alpha value is -2.47. The molecule has 40 heavy (non-hydrogen) atoms. The Morgan fingerprint density at radius 3 is 2.42 bits per heavy atom. The Morgan fingerprint density at radius 1 is 1.12 bits per heavy atom. The number of nitrogens with zero attached hydrogens (tertiary/aromatic N) is 2. The molecule has 2 aliphatic heterocycles. The highest BCUT2D eigenvalue weighted by Crippen LogP contribution is 2.56. The summed E-state index contributed by atoms with van der Waals surface area (Å²) in [4.78, 5) is 16.7. The minimum atomic E-state index is -4.27. The van der Waals surface area contributed by atoms with Crippen LogP contribution >= 0.6 is 11.6 Å². The molecule has 0 radical (unpaired) electrons. The lowest BCUT2D eigenvalue weighted by molar-refractivity contribution is -0.0135. The van der Waals surface area contributed by atoms with Gasteiger partial charge in [-0.15, -0.1) is 0 Å². The molecule has 2 heterocycles. The molecule has 3 aliphatic rings. The van der Waals surface area contributed by atoms with Gasteiger partial charge in [0.1, 0.15) is 16.7 Å². The number of amides is 1. The maximum atomic E-state index is 15.4. The van der Waals surface area contributed by atoms with Gasteiger partial charge in [-0.25, -0.2) is 22.0 Å².